The van der Waals surface area contributed by atoms with Crippen LogP contribution in [0.15, 0.2) is 66.7 Å². The molecule has 5 rings (SSSR count). The van der Waals surface area contributed by atoms with Gasteiger partial charge in [0.25, 0.3) is 0 Å². The lowest BCUT2D eigenvalue weighted by atomic mass is 10.1. The van der Waals surface area contributed by atoms with Crippen LogP contribution in [-0.4, -0.2) is 28.6 Å². The molecule has 35 heavy (non-hydrogen) atoms. The van der Waals surface area contributed by atoms with Gasteiger partial charge in [0.2, 0.25) is 5.91 Å². The summed E-state index contributed by atoms with van der Waals surface area (Å²) in [7, 11) is 0. The lowest BCUT2D eigenvalue weighted by molar-refractivity contribution is -0.117. The zero-order chi connectivity index (χ0) is 23.7. The molecule has 1 aromatic heterocycles. The van der Waals surface area contributed by atoms with Gasteiger partial charge < -0.3 is 14.2 Å². The van der Waals surface area contributed by atoms with Crippen molar-refractivity contribution in [2.45, 2.75) is 46.1 Å². The second-order valence-corrected chi connectivity index (χ2v) is 9.17. The first-order chi connectivity index (χ1) is 16.5. The quantitative estimate of drug-likeness (QED) is 0.309. The molecule has 1 amide bonds. The number of carbonyl (C=O) groups excluding carboxylic acids is 1. The Balaban J connectivity index is 0.00000289. The number of carbonyl (C=O) groups is 1. The van der Waals surface area contributed by atoms with E-state index in [1.54, 1.807) is 0 Å². The van der Waals surface area contributed by atoms with Gasteiger partial charge in [-0.15, -0.1) is 12.4 Å². The molecule has 1 aliphatic heterocycles. The van der Waals surface area contributed by atoms with Crippen molar-refractivity contribution in [1.29, 1.82) is 0 Å². The second-order valence-electron chi connectivity index (χ2n) is 9.17. The van der Waals surface area contributed by atoms with Crippen molar-refractivity contribution >= 4 is 35.0 Å². The zero-order valence-electron chi connectivity index (χ0n) is 20.5. The highest BCUT2D eigenvalue weighted by atomic mass is 35.5. The summed E-state index contributed by atoms with van der Waals surface area (Å²) in [6.45, 7) is 8.17. The van der Waals surface area contributed by atoms with E-state index in [1.165, 1.54) is 16.7 Å². The van der Waals surface area contributed by atoms with Crippen LogP contribution in [0.3, 0.4) is 0 Å². The summed E-state index contributed by atoms with van der Waals surface area (Å²) in [4.78, 5) is 20.0. The second kappa shape index (κ2) is 10.5. The van der Waals surface area contributed by atoms with Gasteiger partial charge in [0.1, 0.15) is 18.2 Å². The maximum Gasteiger partial charge on any atom is 0.227 e. The van der Waals surface area contributed by atoms with E-state index in [1.807, 2.05) is 35.2 Å². The Labute approximate surface area is 213 Å². The van der Waals surface area contributed by atoms with Crippen LogP contribution in [0.25, 0.3) is 11.0 Å². The molecule has 182 valence electrons. The number of rotatable bonds is 7. The van der Waals surface area contributed by atoms with Crippen LogP contribution < -0.4 is 9.64 Å². The first kappa shape index (κ1) is 24.8. The zero-order valence-corrected chi connectivity index (χ0v) is 21.3. The molecular weight excluding hydrogens is 458 g/mol. The minimum Gasteiger partial charge on any atom is -0.492 e. The highest BCUT2D eigenvalue weighted by molar-refractivity contribution is 5.97. The van der Waals surface area contributed by atoms with Crippen LogP contribution in [0, 0.1) is 13.8 Å². The molecule has 3 aromatic carbocycles. The predicted molar refractivity (Wildman–Crippen MR) is 144 cm³/mol. The number of hydrogen-bond acceptors (Lipinski definition) is 3. The van der Waals surface area contributed by atoms with Crippen LogP contribution in [0.5, 0.6) is 5.75 Å². The van der Waals surface area contributed by atoms with Crippen molar-refractivity contribution in [3.05, 3.63) is 89.2 Å². The molecule has 0 radical (unpaired) electrons. The van der Waals surface area contributed by atoms with Crippen molar-refractivity contribution in [1.82, 2.24) is 9.55 Å². The molecule has 1 unspecified atom stereocenters. The monoisotopic (exact) mass is 489 g/mol. The van der Waals surface area contributed by atoms with E-state index in [9.17, 15) is 4.79 Å². The van der Waals surface area contributed by atoms with Gasteiger partial charge in [-0.2, -0.15) is 0 Å². The van der Waals surface area contributed by atoms with Gasteiger partial charge in [-0.1, -0.05) is 43.3 Å². The number of amides is 1. The fraction of sp³-hybridized carbons (Fsp3) is 0.310. The number of benzene rings is 3. The molecule has 1 saturated heterocycles. The van der Waals surface area contributed by atoms with Crippen molar-refractivity contribution in [3.63, 3.8) is 0 Å². The number of hydrogen-bond donors (Lipinski definition) is 0. The Kier molecular flexibility index (Phi) is 7.46. The summed E-state index contributed by atoms with van der Waals surface area (Å²) in [6.07, 6.45) is 1.37. The van der Waals surface area contributed by atoms with Crippen molar-refractivity contribution in [2.75, 3.05) is 18.1 Å². The van der Waals surface area contributed by atoms with Gasteiger partial charge >= 0.3 is 0 Å². The first-order valence-corrected chi connectivity index (χ1v) is 12.1. The van der Waals surface area contributed by atoms with Crippen molar-refractivity contribution < 1.29 is 9.53 Å². The SMILES string of the molecule is CCc1ccccc1N1CC(c2nc3ccccc3n2CCOc2cc(C)cc(C)c2)CC1=O.Cl. The van der Waals surface area contributed by atoms with E-state index in [-0.39, 0.29) is 24.2 Å². The number of aryl methyl sites for hydroxylation is 3. The van der Waals surface area contributed by atoms with E-state index in [4.69, 9.17) is 9.72 Å². The Morgan fingerprint density at radius 3 is 2.49 bits per heavy atom. The molecule has 1 aliphatic rings. The van der Waals surface area contributed by atoms with Gasteiger partial charge in [0.15, 0.2) is 0 Å². The topological polar surface area (TPSA) is 47.4 Å². The van der Waals surface area contributed by atoms with Crippen LogP contribution in [0.2, 0.25) is 0 Å². The maximum absolute atomic E-state index is 13.1. The molecule has 1 fully saturated rings. The Morgan fingerprint density at radius 1 is 1.00 bits per heavy atom. The molecule has 0 spiro atoms. The Morgan fingerprint density at radius 2 is 1.71 bits per heavy atom. The fourth-order valence-electron chi connectivity index (χ4n) is 5.10. The summed E-state index contributed by atoms with van der Waals surface area (Å²) >= 11 is 0. The highest BCUT2D eigenvalue weighted by Crippen LogP contribution is 2.34. The standard InChI is InChI=1S/C29H31N3O2.ClH/c1-4-22-9-5-7-11-26(22)32-19-23(18-28(32)33)29-30-25-10-6-8-12-27(25)31(29)13-14-34-24-16-20(2)15-21(3)17-24;/h5-12,15-17,23H,4,13-14,18-19H2,1-3H3;1H. The Hall–Kier alpha value is -3.31. The van der Waals surface area contributed by atoms with Crippen LogP contribution in [0.4, 0.5) is 5.69 Å². The first-order valence-electron chi connectivity index (χ1n) is 12.1. The summed E-state index contributed by atoms with van der Waals surface area (Å²) in [5, 5.41) is 0. The summed E-state index contributed by atoms with van der Waals surface area (Å²) in [5.41, 5.74) is 6.66. The molecule has 5 nitrogen and oxygen atoms in total. The number of nitrogens with zero attached hydrogens (tertiary/aromatic N) is 3. The van der Waals surface area contributed by atoms with Crippen molar-refractivity contribution in [2.24, 2.45) is 0 Å². The molecule has 0 bridgehead atoms. The third-order valence-electron chi connectivity index (χ3n) is 6.62. The summed E-state index contributed by atoms with van der Waals surface area (Å²) in [6, 6.07) is 22.7. The number of fused-ring (bicyclic) bond motifs is 1. The molecule has 1 atom stereocenters. The molecule has 0 saturated carbocycles. The average Bonchev–Trinajstić information content (AvgIpc) is 3.39. The van der Waals surface area contributed by atoms with Gasteiger partial charge in [-0.3, -0.25) is 4.79 Å². The minimum atomic E-state index is 0. The van der Waals surface area contributed by atoms with E-state index in [0.29, 0.717) is 26.1 Å². The third kappa shape index (κ3) is 5.06. The molecule has 0 N–H and O–H groups in total. The molecule has 6 heteroatoms. The van der Waals surface area contributed by atoms with Crippen molar-refractivity contribution in [3.8, 4) is 5.75 Å². The summed E-state index contributed by atoms with van der Waals surface area (Å²) in [5.74, 6) is 2.07. The summed E-state index contributed by atoms with van der Waals surface area (Å²) < 4.78 is 8.36. The number of imidazole rings is 1. The van der Waals surface area contributed by atoms with E-state index in [0.717, 1.165) is 34.7 Å². The largest absolute Gasteiger partial charge is 0.492 e. The lowest BCUT2D eigenvalue weighted by Gasteiger charge is -2.20. The number of aromatic nitrogens is 2. The third-order valence-corrected chi connectivity index (χ3v) is 6.62. The lowest BCUT2D eigenvalue weighted by Crippen LogP contribution is -2.25. The van der Waals surface area contributed by atoms with Gasteiger partial charge in [-0.25, -0.2) is 4.98 Å². The molecule has 2 heterocycles. The van der Waals surface area contributed by atoms with E-state index in [2.05, 4.69) is 61.7 Å². The highest BCUT2D eigenvalue weighted by Gasteiger charge is 2.35. The van der Waals surface area contributed by atoms with Gasteiger partial charge in [0, 0.05) is 24.6 Å². The van der Waals surface area contributed by atoms with E-state index >= 15 is 0 Å². The maximum atomic E-state index is 13.1. The number of ether oxygens (including phenoxy) is 1. The van der Waals surface area contributed by atoms with Crippen LogP contribution in [0.1, 0.15) is 41.8 Å². The fourth-order valence-corrected chi connectivity index (χ4v) is 5.10. The normalized spacial score (nSPS) is 15.5. The van der Waals surface area contributed by atoms with E-state index < -0.39 is 0 Å². The number of halogens is 1. The molecule has 0 aliphatic carbocycles. The number of anilines is 1. The molecular formula is C29H32ClN3O2. The molecule has 4 aromatic rings. The number of para-hydroxylation sites is 3. The predicted octanol–water partition coefficient (Wildman–Crippen LogP) is 6.24. The van der Waals surface area contributed by atoms with Gasteiger partial charge in [0.05, 0.1) is 17.6 Å². The average molecular weight is 490 g/mol. The minimum absolute atomic E-state index is 0. The smallest absolute Gasteiger partial charge is 0.227 e. The Bertz CT molecular complexity index is 1330. The van der Waals surface area contributed by atoms with Crippen LogP contribution in [-0.2, 0) is 17.8 Å². The van der Waals surface area contributed by atoms with Crippen LogP contribution >= 0.6 is 12.4 Å². The van der Waals surface area contributed by atoms with Gasteiger partial charge in [-0.05, 0) is 67.3 Å².